The van der Waals surface area contributed by atoms with Crippen molar-refractivity contribution in [3.05, 3.63) is 29.3 Å². The molecule has 0 spiro atoms. The third kappa shape index (κ3) is 3.07. The summed E-state index contributed by atoms with van der Waals surface area (Å²) in [5.74, 6) is -0.0688. The van der Waals surface area contributed by atoms with Gasteiger partial charge < -0.3 is 15.7 Å². The SMILES string of the molecule is Cl.O=C(N[C@@H]1CCCC[C@H]1O)c1ccc2c(c1)CCN2. The topological polar surface area (TPSA) is 61.4 Å². The maximum Gasteiger partial charge on any atom is 0.251 e. The predicted octanol–water partition coefficient (Wildman–Crippen LogP) is 2.11. The lowest BCUT2D eigenvalue weighted by Crippen LogP contribution is -2.45. The van der Waals surface area contributed by atoms with Crippen LogP contribution in [0.1, 0.15) is 41.6 Å². The van der Waals surface area contributed by atoms with E-state index in [1.54, 1.807) is 0 Å². The fourth-order valence-corrected chi connectivity index (χ4v) is 2.98. The molecule has 0 radical (unpaired) electrons. The van der Waals surface area contributed by atoms with E-state index in [9.17, 15) is 9.90 Å². The summed E-state index contributed by atoms with van der Waals surface area (Å²) in [7, 11) is 0. The number of hydrogen-bond acceptors (Lipinski definition) is 3. The van der Waals surface area contributed by atoms with Gasteiger partial charge in [0.2, 0.25) is 0 Å². The number of carbonyl (C=O) groups is 1. The van der Waals surface area contributed by atoms with Gasteiger partial charge in [0.15, 0.2) is 0 Å². The van der Waals surface area contributed by atoms with Crippen LogP contribution in [-0.2, 0) is 6.42 Å². The van der Waals surface area contributed by atoms with Crippen molar-refractivity contribution >= 4 is 24.0 Å². The van der Waals surface area contributed by atoms with E-state index in [-0.39, 0.29) is 24.4 Å². The van der Waals surface area contributed by atoms with Crippen molar-refractivity contribution in [2.45, 2.75) is 44.2 Å². The van der Waals surface area contributed by atoms with E-state index in [1.807, 2.05) is 18.2 Å². The molecule has 2 aliphatic rings. The van der Waals surface area contributed by atoms with Crippen LogP contribution >= 0.6 is 12.4 Å². The van der Waals surface area contributed by atoms with Crippen molar-refractivity contribution in [2.75, 3.05) is 11.9 Å². The predicted molar refractivity (Wildman–Crippen MR) is 81.6 cm³/mol. The van der Waals surface area contributed by atoms with Gasteiger partial charge in [-0.1, -0.05) is 12.8 Å². The Morgan fingerprint density at radius 3 is 2.90 bits per heavy atom. The Morgan fingerprint density at radius 1 is 1.30 bits per heavy atom. The van der Waals surface area contributed by atoms with Gasteiger partial charge in [-0.25, -0.2) is 0 Å². The summed E-state index contributed by atoms with van der Waals surface area (Å²) in [5, 5.41) is 16.1. The Labute approximate surface area is 125 Å². The largest absolute Gasteiger partial charge is 0.391 e. The molecular weight excluding hydrogens is 276 g/mol. The monoisotopic (exact) mass is 296 g/mol. The molecule has 1 fully saturated rings. The first-order chi connectivity index (χ1) is 9.24. The van der Waals surface area contributed by atoms with Gasteiger partial charge in [0.05, 0.1) is 12.1 Å². The number of hydrogen-bond donors (Lipinski definition) is 3. The number of amides is 1. The first kappa shape index (κ1) is 15.1. The Balaban J connectivity index is 0.00000147. The molecule has 5 heteroatoms. The van der Waals surface area contributed by atoms with Gasteiger partial charge in [-0.2, -0.15) is 0 Å². The van der Waals surface area contributed by atoms with Gasteiger partial charge >= 0.3 is 0 Å². The molecule has 1 aliphatic heterocycles. The number of anilines is 1. The van der Waals surface area contributed by atoms with E-state index in [1.165, 1.54) is 5.56 Å². The fourth-order valence-electron chi connectivity index (χ4n) is 2.98. The van der Waals surface area contributed by atoms with Crippen molar-refractivity contribution in [2.24, 2.45) is 0 Å². The summed E-state index contributed by atoms with van der Waals surface area (Å²) < 4.78 is 0. The van der Waals surface area contributed by atoms with Crippen LogP contribution in [0.4, 0.5) is 5.69 Å². The second-order valence-corrected chi connectivity index (χ2v) is 5.48. The summed E-state index contributed by atoms with van der Waals surface area (Å²) in [6.07, 6.45) is 4.38. The second kappa shape index (κ2) is 6.46. The van der Waals surface area contributed by atoms with Gasteiger partial charge in [-0.3, -0.25) is 4.79 Å². The number of nitrogens with one attached hydrogen (secondary N) is 2. The van der Waals surface area contributed by atoms with Crippen LogP contribution in [0, 0.1) is 0 Å². The summed E-state index contributed by atoms with van der Waals surface area (Å²) in [5.41, 5.74) is 3.03. The molecular formula is C15H21ClN2O2. The third-order valence-corrected chi connectivity index (χ3v) is 4.12. The number of benzene rings is 1. The van der Waals surface area contributed by atoms with Gasteiger partial charge in [0.25, 0.3) is 5.91 Å². The molecule has 3 rings (SSSR count). The lowest BCUT2D eigenvalue weighted by atomic mass is 9.92. The number of fused-ring (bicyclic) bond motifs is 1. The van der Waals surface area contributed by atoms with Crippen LogP contribution in [0.15, 0.2) is 18.2 Å². The number of halogens is 1. The first-order valence-electron chi connectivity index (χ1n) is 7.10. The molecule has 0 bridgehead atoms. The molecule has 0 unspecified atom stereocenters. The maximum atomic E-state index is 12.2. The van der Waals surface area contributed by atoms with Gasteiger partial charge in [-0.15, -0.1) is 12.4 Å². The van der Waals surface area contributed by atoms with Crippen molar-refractivity contribution in [1.82, 2.24) is 5.32 Å². The second-order valence-electron chi connectivity index (χ2n) is 5.48. The van der Waals surface area contributed by atoms with Gasteiger partial charge in [-0.05, 0) is 43.0 Å². The smallest absolute Gasteiger partial charge is 0.251 e. The zero-order chi connectivity index (χ0) is 13.2. The summed E-state index contributed by atoms with van der Waals surface area (Å²) in [6, 6.07) is 5.68. The molecule has 1 aliphatic carbocycles. The standard InChI is InChI=1S/C15H20N2O2.ClH/c18-14-4-2-1-3-13(14)17-15(19)11-5-6-12-10(9-11)7-8-16-12;/h5-6,9,13-14,16,18H,1-4,7-8H2,(H,17,19);1H/t13-,14-;/m1./s1. The van der Waals surface area contributed by atoms with Crippen molar-refractivity contribution in [1.29, 1.82) is 0 Å². The molecule has 1 saturated carbocycles. The van der Waals surface area contributed by atoms with E-state index in [2.05, 4.69) is 10.6 Å². The Hall–Kier alpha value is -1.26. The summed E-state index contributed by atoms with van der Waals surface area (Å²) >= 11 is 0. The van der Waals surface area contributed by atoms with Crippen LogP contribution in [0.25, 0.3) is 0 Å². The average molecular weight is 297 g/mol. The Kier molecular flexibility index (Phi) is 4.89. The molecule has 0 aromatic heterocycles. The molecule has 1 aromatic rings. The van der Waals surface area contributed by atoms with E-state index in [0.29, 0.717) is 5.56 Å². The molecule has 1 heterocycles. The highest BCUT2D eigenvalue weighted by atomic mass is 35.5. The average Bonchev–Trinajstić information content (AvgIpc) is 2.88. The Bertz CT molecular complexity index is 493. The lowest BCUT2D eigenvalue weighted by Gasteiger charge is -2.28. The molecule has 20 heavy (non-hydrogen) atoms. The van der Waals surface area contributed by atoms with E-state index in [4.69, 9.17) is 0 Å². The van der Waals surface area contributed by atoms with E-state index < -0.39 is 6.10 Å². The zero-order valence-electron chi connectivity index (χ0n) is 11.4. The van der Waals surface area contributed by atoms with Gasteiger partial charge in [0, 0.05) is 17.8 Å². The first-order valence-corrected chi connectivity index (χ1v) is 7.10. The number of aliphatic hydroxyl groups is 1. The number of carbonyl (C=O) groups excluding carboxylic acids is 1. The normalized spacial score (nSPS) is 24.2. The van der Waals surface area contributed by atoms with Crippen LogP contribution < -0.4 is 10.6 Å². The molecule has 0 saturated heterocycles. The number of aliphatic hydroxyl groups excluding tert-OH is 1. The van der Waals surface area contributed by atoms with Crippen molar-refractivity contribution in [3.63, 3.8) is 0 Å². The zero-order valence-corrected chi connectivity index (χ0v) is 12.2. The highest BCUT2D eigenvalue weighted by Gasteiger charge is 2.25. The Morgan fingerprint density at radius 2 is 2.10 bits per heavy atom. The third-order valence-electron chi connectivity index (χ3n) is 4.12. The van der Waals surface area contributed by atoms with Crippen LogP contribution in [0.5, 0.6) is 0 Å². The fraction of sp³-hybridized carbons (Fsp3) is 0.533. The van der Waals surface area contributed by atoms with Crippen LogP contribution in [0.2, 0.25) is 0 Å². The van der Waals surface area contributed by atoms with Crippen LogP contribution in [-0.4, -0.2) is 29.7 Å². The molecule has 3 N–H and O–H groups in total. The molecule has 4 nitrogen and oxygen atoms in total. The lowest BCUT2D eigenvalue weighted by molar-refractivity contribution is 0.0717. The molecule has 2 atom stereocenters. The minimum absolute atomic E-state index is 0. The minimum Gasteiger partial charge on any atom is -0.391 e. The van der Waals surface area contributed by atoms with E-state index in [0.717, 1.165) is 44.3 Å². The highest BCUT2D eigenvalue weighted by molar-refractivity contribution is 5.95. The maximum absolute atomic E-state index is 12.2. The van der Waals surface area contributed by atoms with Gasteiger partial charge in [0.1, 0.15) is 0 Å². The molecule has 1 amide bonds. The summed E-state index contributed by atoms with van der Waals surface area (Å²) in [6.45, 7) is 0.946. The molecule has 110 valence electrons. The van der Waals surface area contributed by atoms with E-state index >= 15 is 0 Å². The minimum atomic E-state index is -0.395. The van der Waals surface area contributed by atoms with Crippen molar-refractivity contribution < 1.29 is 9.90 Å². The summed E-state index contributed by atoms with van der Waals surface area (Å²) in [4.78, 5) is 12.2. The van der Waals surface area contributed by atoms with Crippen molar-refractivity contribution in [3.8, 4) is 0 Å². The molecule has 1 aromatic carbocycles. The highest BCUT2D eigenvalue weighted by Crippen LogP contribution is 2.23. The number of rotatable bonds is 2. The van der Waals surface area contributed by atoms with Crippen LogP contribution in [0.3, 0.4) is 0 Å². The quantitative estimate of drug-likeness (QED) is 0.783.